The van der Waals surface area contributed by atoms with Gasteiger partial charge in [0.15, 0.2) is 0 Å². The van der Waals surface area contributed by atoms with E-state index in [1.165, 1.54) is 327 Å². The summed E-state index contributed by atoms with van der Waals surface area (Å²) in [5.41, 5.74) is 0. The van der Waals surface area contributed by atoms with Gasteiger partial charge in [-0.05, 0) is 265 Å². The Bertz CT molecular complexity index is 1910. The van der Waals surface area contributed by atoms with Gasteiger partial charge in [-0.15, -0.1) is 0 Å². The van der Waals surface area contributed by atoms with Crippen LogP contribution in [0, 0.1) is 201 Å². The summed E-state index contributed by atoms with van der Waals surface area (Å²) in [6, 6.07) is 0. The molecule has 0 aromatic carbocycles. The smallest absolute Gasteiger partial charge is 0.0414 e. The molecule has 119 heavy (non-hydrogen) atoms. The second-order valence-corrected chi connectivity index (χ2v) is 50.3. The third-order valence-corrected chi connectivity index (χ3v) is 35.5. The van der Waals surface area contributed by atoms with Gasteiger partial charge in [-0.25, -0.2) is 0 Å². The number of hydrogen-bond acceptors (Lipinski definition) is 0. The maximum atomic E-state index is 2.39. The highest BCUT2D eigenvalue weighted by atomic mass is 14.3. The summed E-state index contributed by atoms with van der Waals surface area (Å²) in [6.07, 6.45) is 75.2. The molecular weight excluding hydrogens is 1430 g/mol. The molecule has 714 valence electrons. The molecule has 0 amide bonds. The van der Waals surface area contributed by atoms with E-state index in [0.717, 1.165) is 201 Å². The van der Waals surface area contributed by atoms with Gasteiger partial charge in [0, 0.05) is 0 Å². The van der Waals surface area contributed by atoms with E-state index in [1.54, 1.807) is 0 Å². The minimum Gasteiger partial charge on any atom is -0.0625 e. The molecule has 0 heterocycles. The SMILES string of the molecule is CC1CC(C)C1.CC1CC(C)C1.CC1CCC(C)CC1.CC1CCC(C)CC1.C[C@@H]1CCCC[C@@H]1C.C[C@@H]1CCCC[C@H]1C.C[C@@H]1CCC[C@@H](C)C1.C[C@@H]1CCC[C@@H](C)CC1.C[C@@H]1CCC[C@@H]1C.C[C@@H]1CCC[C@H](C)C1.C[C@@H]1CCC[C@H]1C.C[C@@H]1CC[C@@H](C)C1.C[C@@H]1CC[C@@H]1C.C[C@@H]1CC[C@H](C)C1.C[C@@H]1CC[C@H]1C.C[C@@H]1C[C@@H]1C.C[C@@H]1C[C@H]1C. The maximum Gasteiger partial charge on any atom is -0.0414 e. The summed E-state index contributed by atoms with van der Waals surface area (Å²) in [6.45, 7) is 79.9. The highest BCUT2D eigenvalue weighted by Crippen LogP contribution is 2.40. The Balaban J connectivity index is 0.000000633. The average molecular weight is 1670 g/mol. The second kappa shape index (κ2) is 69.0. The highest BCUT2D eigenvalue weighted by Gasteiger charge is 2.29. The average Bonchev–Trinajstić information content (AvgIpc) is 1.51. The van der Waals surface area contributed by atoms with Gasteiger partial charge >= 0.3 is 0 Å². The molecule has 17 fully saturated rings. The van der Waals surface area contributed by atoms with Crippen LogP contribution in [0.5, 0.6) is 0 Å². The minimum absolute atomic E-state index is 1.00. The molecule has 0 N–H and O–H groups in total. The van der Waals surface area contributed by atoms with E-state index in [4.69, 9.17) is 0 Å². The Morgan fingerprint density at radius 3 is 0.261 bits per heavy atom. The second-order valence-electron chi connectivity index (χ2n) is 50.3. The van der Waals surface area contributed by atoms with Crippen molar-refractivity contribution in [2.75, 3.05) is 0 Å². The van der Waals surface area contributed by atoms with E-state index in [9.17, 15) is 0 Å². The van der Waals surface area contributed by atoms with E-state index in [1.807, 2.05) is 0 Å². The first-order valence-corrected chi connectivity index (χ1v) is 56.0. The Hall–Kier alpha value is 0. The van der Waals surface area contributed by atoms with Gasteiger partial charge in [-0.2, -0.15) is 0 Å². The van der Waals surface area contributed by atoms with Gasteiger partial charge in [-0.1, -0.05) is 499 Å². The van der Waals surface area contributed by atoms with E-state index in [0.29, 0.717) is 0 Å². The zero-order valence-corrected chi connectivity index (χ0v) is 89.7. The Labute approximate surface area is 759 Å². The van der Waals surface area contributed by atoms with E-state index in [2.05, 4.69) is 235 Å². The summed E-state index contributed by atoms with van der Waals surface area (Å²) in [4.78, 5) is 0. The van der Waals surface area contributed by atoms with Crippen LogP contribution >= 0.6 is 0 Å². The van der Waals surface area contributed by atoms with Crippen LogP contribution in [0.3, 0.4) is 0 Å². The van der Waals surface area contributed by atoms with Crippen molar-refractivity contribution in [3.8, 4) is 0 Å². The Morgan fingerprint density at radius 1 is 0.0756 bits per heavy atom. The monoisotopic (exact) mass is 1670 g/mol. The minimum atomic E-state index is 1.00. The third kappa shape index (κ3) is 64.4. The first-order valence-electron chi connectivity index (χ1n) is 56.0. The van der Waals surface area contributed by atoms with Gasteiger partial charge in [0.25, 0.3) is 0 Å². The van der Waals surface area contributed by atoms with Crippen LogP contribution in [0.2, 0.25) is 0 Å². The summed E-state index contributed by atoms with van der Waals surface area (Å²) in [5.74, 6) is 34.8. The standard InChI is InChI=1S/C9H18.6C8H16.4C7H14.4C6H12.2C5H10/c1-8-4-3-5-9(2)7-6-8;2*1-7-3-5-8(2)6-4-7;2*1-7-4-3-5-8(2)6-7;2*1-7-5-3-4-6-8(7)2;2*1-6-3-4-7(2)5-6;2*1-6-4-3-5-7(6)2;2*1-5-3-6(2)4-5;2*1-5-3-4-6(5)2;2*1-4-3-5(4)2/h8-9H,3-7H2,1-2H3;6*7-8H,3-6H2,1-2H3;4*6-7H,3-5H2,1-2H3;4*5-6H,3-4H2,1-2H3;2*4-5H,3H2,1-2H3/t8-,9-;;;7-,8+;7-,8-;7-,8+;7-,8-;6-,7+;6-,7-;6-,7+;6-,7-;;;5-,6+;5-,6-;4-,5+;4-,5-/m1...1.1.1.1...1.1/s1. The van der Waals surface area contributed by atoms with Crippen LogP contribution in [-0.2, 0) is 0 Å². The zero-order chi connectivity index (χ0) is 89.7. The fraction of sp³-hybridized carbons (Fsp3) is 1.00. The molecule has 26 atom stereocenters. The molecule has 0 saturated heterocycles. The predicted molar refractivity (Wildman–Crippen MR) is 547 cm³/mol. The lowest BCUT2D eigenvalue weighted by Gasteiger charge is -2.29. The van der Waals surface area contributed by atoms with Crippen molar-refractivity contribution in [3.05, 3.63) is 0 Å². The van der Waals surface area contributed by atoms with Crippen LogP contribution in [0.15, 0.2) is 0 Å². The zero-order valence-electron chi connectivity index (χ0n) is 89.7. The van der Waals surface area contributed by atoms with Crippen LogP contribution in [-0.4, -0.2) is 0 Å². The Kier molecular flexibility index (Phi) is 67.8. The maximum absolute atomic E-state index is 2.39. The summed E-state index contributed by atoms with van der Waals surface area (Å²) >= 11 is 0. The van der Waals surface area contributed by atoms with E-state index < -0.39 is 0 Å². The topological polar surface area (TPSA) is 0 Å². The summed E-state index contributed by atoms with van der Waals surface area (Å²) in [5, 5.41) is 0. The van der Waals surface area contributed by atoms with E-state index in [-0.39, 0.29) is 0 Å². The molecule has 0 unspecified atom stereocenters. The molecule has 0 bridgehead atoms. The lowest BCUT2D eigenvalue weighted by atomic mass is 9.77. The van der Waals surface area contributed by atoms with Crippen molar-refractivity contribution in [1.82, 2.24) is 0 Å². The molecule has 0 heteroatoms. The fourth-order valence-corrected chi connectivity index (χ4v) is 21.9. The van der Waals surface area contributed by atoms with Gasteiger partial charge in [0.1, 0.15) is 0 Å². The third-order valence-electron chi connectivity index (χ3n) is 35.5. The molecule has 17 aliphatic rings. The van der Waals surface area contributed by atoms with E-state index >= 15 is 0 Å². The molecule has 0 nitrogen and oxygen atoms in total. The van der Waals surface area contributed by atoms with Crippen molar-refractivity contribution in [2.24, 2.45) is 201 Å². The molecular formula is C119H238. The normalized spacial score (nSPS) is 42.0. The highest BCUT2D eigenvalue weighted by molar-refractivity contribution is 4.80. The lowest BCUT2D eigenvalue weighted by Crippen LogP contribution is -2.18. The van der Waals surface area contributed by atoms with Gasteiger partial charge in [-0.3, -0.25) is 0 Å². The van der Waals surface area contributed by atoms with Gasteiger partial charge in [0.2, 0.25) is 0 Å². The molecule has 0 aliphatic heterocycles. The van der Waals surface area contributed by atoms with Crippen molar-refractivity contribution in [3.63, 3.8) is 0 Å². The van der Waals surface area contributed by atoms with Crippen LogP contribution in [0.1, 0.15) is 563 Å². The molecule has 17 rings (SSSR count). The molecule has 17 saturated carbocycles. The van der Waals surface area contributed by atoms with Gasteiger partial charge < -0.3 is 0 Å². The molecule has 0 radical (unpaired) electrons. The quantitative estimate of drug-likeness (QED) is 0.212. The molecule has 17 aliphatic carbocycles. The number of rotatable bonds is 0. The van der Waals surface area contributed by atoms with Crippen LogP contribution < -0.4 is 0 Å². The predicted octanol–water partition coefficient (Wildman–Crippen LogP) is 41.5. The van der Waals surface area contributed by atoms with Crippen molar-refractivity contribution < 1.29 is 0 Å². The van der Waals surface area contributed by atoms with Gasteiger partial charge in [0.05, 0.1) is 0 Å². The van der Waals surface area contributed by atoms with Crippen LogP contribution in [0.4, 0.5) is 0 Å². The summed E-state index contributed by atoms with van der Waals surface area (Å²) < 4.78 is 0. The fourth-order valence-electron chi connectivity index (χ4n) is 21.9. The Morgan fingerprint density at radius 2 is 0.176 bits per heavy atom. The molecule has 0 spiro atoms. The van der Waals surface area contributed by atoms with Crippen LogP contribution in [0.25, 0.3) is 0 Å². The van der Waals surface area contributed by atoms with Crippen molar-refractivity contribution >= 4 is 0 Å². The first kappa shape index (κ1) is 117. The molecule has 0 aromatic rings. The van der Waals surface area contributed by atoms with Crippen molar-refractivity contribution in [2.45, 2.75) is 563 Å². The lowest BCUT2D eigenvalue weighted by molar-refractivity contribution is 0.219. The summed E-state index contributed by atoms with van der Waals surface area (Å²) in [7, 11) is 0. The largest absolute Gasteiger partial charge is 0.0625 e. The molecule has 0 aromatic heterocycles. The number of hydrogen-bond donors (Lipinski definition) is 0. The first-order chi connectivity index (χ1) is 56.0. The van der Waals surface area contributed by atoms with Crippen molar-refractivity contribution in [1.29, 1.82) is 0 Å².